The van der Waals surface area contributed by atoms with Crippen LogP contribution in [0, 0.1) is 5.92 Å². The number of hydrogen-bond acceptors (Lipinski definition) is 3. The first-order chi connectivity index (χ1) is 10.9. The molecule has 1 aliphatic heterocycles. The predicted molar refractivity (Wildman–Crippen MR) is 89.8 cm³/mol. The molecule has 2 N–H and O–H groups in total. The molecule has 126 valence electrons. The Morgan fingerprint density at radius 2 is 2.13 bits per heavy atom. The summed E-state index contributed by atoms with van der Waals surface area (Å²) >= 11 is 11.8. The molecule has 5 nitrogen and oxygen atoms in total. The van der Waals surface area contributed by atoms with Crippen LogP contribution in [0.2, 0.25) is 10.0 Å². The molecule has 2 rings (SSSR count). The van der Waals surface area contributed by atoms with E-state index in [1.165, 1.54) is 0 Å². The van der Waals surface area contributed by atoms with Gasteiger partial charge >= 0.3 is 0 Å². The van der Waals surface area contributed by atoms with Gasteiger partial charge in [-0.3, -0.25) is 9.59 Å². The van der Waals surface area contributed by atoms with E-state index in [2.05, 4.69) is 5.32 Å². The van der Waals surface area contributed by atoms with E-state index in [1.54, 1.807) is 30.0 Å². The molecule has 7 heteroatoms. The number of hydrogen-bond donors (Lipinski definition) is 2. The Hall–Kier alpha value is -1.30. The molecule has 0 spiro atoms. The molecule has 0 saturated carbocycles. The number of benzene rings is 1. The molecule has 0 aromatic heterocycles. The third-order valence-electron chi connectivity index (χ3n) is 3.91. The van der Waals surface area contributed by atoms with Crippen LogP contribution in [-0.2, 0) is 4.79 Å². The highest BCUT2D eigenvalue weighted by atomic mass is 35.5. The third-order valence-corrected chi connectivity index (χ3v) is 4.65. The standard InChI is InChI=1S/C16H20Cl2N2O3/c1-10(9-21)19-15(22)12-3-2-6-20(8-12)16(23)11-4-5-13(17)14(18)7-11/h4-5,7,10,12,21H,2-3,6,8-9H2,1H3,(H,19,22)/t10-,12+/m0/s1. The zero-order chi connectivity index (χ0) is 17.0. The average molecular weight is 359 g/mol. The minimum atomic E-state index is -0.288. The number of aliphatic hydroxyl groups is 1. The van der Waals surface area contributed by atoms with Crippen LogP contribution in [0.15, 0.2) is 18.2 Å². The first-order valence-corrected chi connectivity index (χ1v) is 8.33. The van der Waals surface area contributed by atoms with Gasteiger partial charge in [0.15, 0.2) is 0 Å². The van der Waals surface area contributed by atoms with Crippen LogP contribution in [-0.4, -0.2) is 47.6 Å². The Morgan fingerprint density at radius 1 is 1.39 bits per heavy atom. The number of amides is 2. The summed E-state index contributed by atoms with van der Waals surface area (Å²) in [5, 5.41) is 12.5. The largest absolute Gasteiger partial charge is 0.394 e. The number of piperidine rings is 1. The fourth-order valence-corrected chi connectivity index (χ4v) is 2.89. The first kappa shape index (κ1) is 18.0. The van der Waals surface area contributed by atoms with Gasteiger partial charge in [-0.1, -0.05) is 23.2 Å². The molecular weight excluding hydrogens is 339 g/mol. The van der Waals surface area contributed by atoms with Gasteiger partial charge in [-0.05, 0) is 38.0 Å². The molecule has 1 aromatic rings. The van der Waals surface area contributed by atoms with Crippen molar-refractivity contribution in [2.45, 2.75) is 25.8 Å². The normalized spacial score (nSPS) is 19.3. The highest BCUT2D eigenvalue weighted by Crippen LogP contribution is 2.25. The zero-order valence-corrected chi connectivity index (χ0v) is 14.4. The van der Waals surface area contributed by atoms with Crippen LogP contribution in [0.25, 0.3) is 0 Å². The van der Waals surface area contributed by atoms with Gasteiger partial charge in [0.05, 0.1) is 22.6 Å². The van der Waals surface area contributed by atoms with Crippen LogP contribution < -0.4 is 5.32 Å². The Balaban J connectivity index is 2.03. The molecule has 0 unspecified atom stereocenters. The van der Waals surface area contributed by atoms with Crippen molar-refractivity contribution in [1.82, 2.24) is 10.2 Å². The van der Waals surface area contributed by atoms with Gasteiger partial charge < -0.3 is 15.3 Å². The minimum Gasteiger partial charge on any atom is -0.394 e. The summed E-state index contributed by atoms with van der Waals surface area (Å²) in [4.78, 5) is 26.4. The molecule has 1 aliphatic rings. The molecule has 0 aliphatic carbocycles. The molecule has 1 aromatic carbocycles. The third kappa shape index (κ3) is 4.59. The van der Waals surface area contributed by atoms with Crippen LogP contribution in [0.4, 0.5) is 0 Å². The number of carbonyl (C=O) groups is 2. The van der Waals surface area contributed by atoms with E-state index >= 15 is 0 Å². The second-order valence-corrected chi connectivity index (χ2v) is 6.63. The van der Waals surface area contributed by atoms with Gasteiger partial charge in [0.25, 0.3) is 5.91 Å². The van der Waals surface area contributed by atoms with E-state index in [4.69, 9.17) is 28.3 Å². The van der Waals surface area contributed by atoms with Crippen LogP contribution in [0.1, 0.15) is 30.1 Å². The quantitative estimate of drug-likeness (QED) is 0.867. The number of halogens is 2. The molecule has 1 saturated heterocycles. The molecule has 23 heavy (non-hydrogen) atoms. The number of rotatable bonds is 4. The smallest absolute Gasteiger partial charge is 0.253 e. The lowest BCUT2D eigenvalue weighted by Gasteiger charge is -2.32. The summed E-state index contributed by atoms with van der Waals surface area (Å²) in [6.07, 6.45) is 1.49. The number of likely N-dealkylation sites (tertiary alicyclic amines) is 1. The van der Waals surface area contributed by atoms with E-state index in [0.717, 1.165) is 12.8 Å². The predicted octanol–water partition coefficient (Wildman–Crippen LogP) is 2.34. The zero-order valence-electron chi connectivity index (χ0n) is 12.9. The maximum absolute atomic E-state index is 12.6. The second kappa shape index (κ2) is 7.99. The lowest BCUT2D eigenvalue weighted by atomic mass is 9.96. The Kier molecular flexibility index (Phi) is 6.27. The minimum absolute atomic E-state index is 0.107. The van der Waals surface area contributed by atoms with Crippen molar-refractivity contribution in [3.8, 4) is 0 Å². The van der Waals surface area contributed by atoms with Crippen molar-refractivity contribution >= 4 is 35.0 Å². The average Bonchev–Trinajstić information content (AvgIpc) is 2.56. The maximum atomic E-state index is 12.6. The van der Waals surface area contributed by atoms with Crippen molar-refractivity contribution < 1.29 is 14.7 Å². The summed E-state index contributed by atoms with van der Waals surface area (Å²) in [5.41, 5.74) is 0.462. The molecule has 0 radical (unpaired) electrons. The van der Waals surface area contributed by atoms with Crippen LogP contribution in [0.3, 0.4) is 0 Å². The van der Waals surface area contributed by atoms with E-state index in [1.807, 2.05) is 0 Å². The van der Waals surface area contributed by atoms with E-state index < -0.39 is 0 Å². The maximum Gasteiger partial charge on any atom is 0.253 e. The lowest BCUT2D eigenvalue weighted by Crippen LogP contribution is -2.47. The summed E-state index contributed by atoms with van der Waals surface area (Å²) in [5.74, 6) is -0.543. The van der Waals surface area contributed by atoms with Gasteiger partial charge in [-0.15, -0.1) is 0 Å². The van der Waals surface area contributed by atoms with Gasteiger partial charge in [0.1, 0.15) is 0 Å². The highest BCUT2D eigenvalue weighted by molar-refractivity contribution is 6.42. The van der Waals surface area contributed by atoms with Crippen molar-refractivity contribution in [2.24, 2.45) is 5.92 Å². The monoisotopic (exact) mass is 358 g/mol. The SMILES string of the molecule is C[C@@H](CO)NC(=O)[C@@H]1CCCN(C(=O)c2ccc(Cl)c(Cl)c2)C1. The summed E-state index contributed by atoms with van der Waals surface area (Å²) in [7, 11) is 0. The Morgan fingerprint density at radius 3 is 2.78 bits per heavy atom. The van der Waals surface area contributed by atoms with Crippen LogP contribution in [0.5, 0.6) is 0 Å². The summed E-state index contributed by atoms with van der Waals surface area (Å²) in [6.45, 7) is 2.60. The van der Waals surface area contributed by atoms with Gasteiger partial charge in [0.2, 0.25) is 5.91 Å². The van der Waals surface area contributed by atoms with E-state index in [-0.39, 0.29) is 30.4 Å². The Bertz CT molecular complexity index is 595. The fraction of sp³-hybridized carbons (Fsp3) is 0.500. The summed E-state index contributed by atoms with van der Waals surface area (Å²) in [6, 6.07) is 4.48. The number of nitrogens with zero attached hydrogens (tertiary/aromatic N) is 1. The molecule has 2 atom stereocenters. The molecular formula is C16H20Cl2N2O3. The first-order valence-electron chi connectivity index (χ1n) is 7.58. The second-order valence-electron chi connectivity index (χ2n) is 5.81. The Labute approximate surface area is 145 Å². The van der Waals surface area contributed by atoms with Crippen molar-refractivity contribution in [3.63, 3.8) is 0 Å². The number of carbonyl (C=O) groups excluding carboxylic acids is 2. The van der Waals surface area contributed by atoms with E-state index in [9.17, 15) is 9.59 Å². The van der Waals surface area contributed by atoms with Crippen molar-refractivity contribution in [3.05, 3.63) is 33.8 Å². The molecule has 0 bridgehead atoms. The number of nitrogens with one attached hydrogen (secondary N) is 1. The fourth-order valence-electron chi connectivity index (χ4n) is 2.59. The van der Waals surface area contributed by atoms with Gasteiger partial charge in [0, 0.05) is 24.7 Å². The van der Waals surface area contributed by atoms with Crippen molar-refractivity contribution in [2.75, 3.05) is 19.7 Å². The molecule has 1 fully saturated rings. The number of aliphatic hydroxyl groups excluding tert-OH is 1. The lowest BCUT2D eigenvalue weighted by molar-refractivity contribution is -0.127. The van der Waals surface area contributed by atoms with Crippen LogP contribution >= 0.6 is 23.2 Å². The van der Waals surface area contributed by atoms with Gasteiger partial charge in [-0.2, -0.15) is 0 Å². The van der Waals surface area contributed by atoms with E-state index in [0.29, 0.717) is 28.7 Å². The highest BCUT2D eigenvalue weighted by Gasteiger charge is 2.29. The topological polar surface area (TPSA) is 69.6 Å². The molecule has 1 heterocycles. The van der Waals surface area contributed by atoms with Crippen molar-refractivity contribution in [1.29, 1.82) is 0 Å². The van der Waals surface area contributed by atoms with Gasteiger partial charge in [-0.25, -0.2) is 0 Å². The summed E-state index contributed by atoms with van der Waals surface area (Å²) < 4.78 is 0. The molecule has 2 amide bonds.